The number of anilines is 2. The molecule has 3 aromatic rings. The first-order valence-electron chi connectivity index (χ1n) is 11.3. The van der Waals surface area contributed by atoms with Gasteiger partial charge >= 0.3 is 6.18 Å². The summed E-state index contributed by atoms with van der Waals surface area (Å²) in [6, 6.07) is 3.13. The van der Waals surface area contributed by atoms with Crippen molar-refractivity contribution in [2.45, 2.75) is 32.4 Å². The van der Waals surface area contributed by atoms with Crippen LogP contribution in [0.5, 0.6) is 0 Å². The number of nitrogens with zero attached hydrogens (tertiary/aromatic N) is 8. The Morgan fingerprint density at radius 2 is 1.82 bits per heavy atom. The summed E-state index contributed by atoms with van der Waals surface area (Å²) >= 11 is 1.63. The minimum absolute atomic E-state index is 0.0456. The number of rotatable bonds is 3. The maximum absolute atomic E-state index is 13.2. The quantitative estimate of drug-likeness (QED) is 0.554. The summed E-state index contributed by atoms with van der Waals surface area (Å²) in [5.41, 5.74) is 1.06. The van der Waals surface area contributed by atoms with Crippen molar-refractivity contribution < 1.29 is 18.0 Å². The van der Waals surface area contributed by atoms with Crippen molar-refractivity contribution in [2.75, 3.05) is 49.1 Å². The molecule has 2 fully saturated rings. The predicted octanol–water partition coefficient (Wildman–Crippen LogP) is 2.86. The normalized spacial score (nSPS) is 18.5. The molecular weight excluding hydrogens is 469 g/mol. The zero-order valence-electron chi connectivity index (χ0n) is 18.7. The molecule has 0 saturated carbocycles. The molecule has 5 heterocycles. The molecule has 3 aromatic heterocycles. The number of carbonyl (C=O) groups excluding carboxylic acids is 1. The van der Waals surface area contributed by atoms with E-state index in [1.165, 1.54) is 6.07 Å². The average Bonchev–Trinajstić information content (AvgIpc) is 3.37. The number of thiazole rings is 1. The van der Waals surface area contributed by atoms with E-state index in [9.17, 15) is 18.0 Å². The van der Waals surface area contributed by atoms with Crippen molar-refractivity contribution in [1.29, 1.82) is 0 Å². The van der Waals surface area contributed by atoms with Crippen molar-refractivity contribution in [2.24, 2.45) is 5.92 Å². The van der Waals surface area contributed by atoms with E-state index in [2.05, 4.69) is 25.2 Å². The number of aryl methyl sites for hydroxylation is 1. The summed E-state index contributed by atoms with van der Waals surface area (Å²) in [7, 11) is 0. The molecular formula is C21H25F3N8OS. The first kappa shape index (κ1) is 22.8. The molecule has 13 heteroatoms. The van der Waals surface area contributed by atoms with Crippen LogP contribution in [0.15, 0.2) is 17.5 Å². The van der Waals surface area contributed by atoms with E-state index in [0.29, 0.717) is 38.3 Å². The molecule has 1 amide bonds. The lowest BCUT2D eigenvalue weighted by Gasteiger charge is -2.34. The maximum Gasteiger partial charge on any atom is 0.453 e. The van der Waals surface area contributed by atoms with Crippen LogP contribution in [0.4, 0.5) is 24.1 Å². The summed E-state index contributed by atoms with van der Waals surface area (Å²) in [5, 5.41) is 13.9. The fourth-order valence-corrected chi connectivity index (χ4v) is 5.41. The van der Waals surface area contributed by atoms with Gasteiger partial charge in [0.2, 0.25) is 5.91 Å². The number of alkyl halides is 3. The van der Waals surface area contributed by atoms with Gasteiger partial charge in [0.15, 0.2) is 10.8 Å². The van der Waals surface area contributed by atoms with Gasteiger partial charge < -0.3 is 14.7 Å². The van der Waals surface area contributed by atoms with E-state index in [-0.39, 0.29) is 17.5 Å². The largest absolute Gasteiger partial charge is 0.453 e. The standard InChI is InChI=1S/C21H25F3N8OS/c1-14-13-34-20(25-14)31-8-2-7-30(11-12-31)18(33)15-5-9-29(10-6-15)17-4-3-16-26-27-19(21(22,23)24)32(16)28-17/h3-4,13,15H,2,5-12H2,1H3. The van der Waals surface area contributed by atoms with Crippen LogP contribution in [0.1, 0.15) is 30.8 Å². The van der Waals surface area contributed by atoms with E-state index in [4.69, 9.17) is 0 Å². The second-order valence-electron chi connectivity index (χ2n) is 8.68. The molecule has 2 saturated heterocycles. The molecule has 34 heavy (non-hydrogen) atoms. The average molecular weight is 495 g/mol. The maximum atomic E-state index is 13.2. The second-order valence-corrected chi connectivity index (χ2v) is 9.52. The van der Waals surface area contributed by atoms with Gasteiger partial charge in [-0.3, -0.25) is 4.79 Å². The van der Waals surface area contributed by atoms with Crippen molar-refractivity contribution in [3.63, 3.8) is 0 Å². The van der Waals surface area contributed by atoms with Crippen molar-refractivity contribution in [3.05, 3.63) is 29.0 Å². The minimum atomic E-state index is -4.63. The van der Waals surface area contributed by atoms with Gasteiger partial charge in [0.1, 0.15) is 5.82 Å². The third-order valence-corrected chi connectivity index (χ3v) is 7.37. The summed E-state index contributed by atoms with van der Waals surface area (Å²) in [6.45, 7) is 6.13. The lowest BCUT2D eigenvalue weighted by molar-refractivity contribution is -0.146. The number of halogens is 3. The topological polar surface area (TPSA) is 82.8 Å². The SMILES string of the molecule is Cc1csc(N2CCCN(C(=O)C3CCN(c4ccc5nnc(C(F)(F)F)n5n4)CC3)CC2)n1. The molecule has 0 spiro atoms. The van der Waals surface area contributed by atoms with Gasteiger partial charge in [0.05, 0.1) is 5.69 Å². The third-order valence-electron chi connectivity index (χ3n) is 6.36. The molecule has 0 aliphatic carbocycles. The van der Waals surface area contributed by atoms with Crippen LogP contribution in [-0.4, -0.2) is 74.9 Å². The number of hydrogen-bond donors (Lipinski definition) is 0. The molecule has 0 radical (unpaired) electrons. The van der Waals surface area contributed by atoms with Gasteiger partial charge in [-0.1, -0.05) is 0 Å². The zero-order valence-corrected chi connectivity index (χ0v) is 19.5. The summed E-state index contributed by atoms with van der Waals surface area (Å²) in [5.74, 6) is -0.641. The van der Waals surface area contributed by atoms with E-state index in [0.717, 1.165) is 41.4 Å². The molecule has 2 aliphatic rings. The Kier molecular flexibility index (Phi) is 6.04. The molecule has 9 nitrogen and oxygen atoms in total. The van der Waals surface area contributed by atoms with E-state index in [1.807, 2.05) is 22.1 Å². The highest BCUT2D eigenvalue weighted by atomic mass is 32.1. The van der Waals surface area contributed by atoms with Gasteiger partial charge in [0.25, 0.3) is 5.82 Å². The Balaban J connectivity index is 1.20. The number of aromatic nitrogens is 5. The number of carbonyl (C=O) groups is 1. The van der Waals surface area contributed by atoms with Crippen molar-refractivity contribution in [3.8, 4) is 0 Å². The first-order valence-corrected chi connectivity index (χ1v) is 12.2. The third kappa shape index (κ3) is 4.52. The molecule has 2 aliphatic heterocycles. The van der Waals surface area contributed by atoms with Crippen LogP contribution in [0.25, 0.3) is 5.65 Å². The number of amides is 1. The highest BCUT2D eigenvalue weighted by Gasteiger charge is 2.38. The number of piperidine rings is 1. The van der Waals surface area contributed by atoms with Crippen LogP contribution >= 0.6 is 11.3 Å². The summed E-state index contributed by atoms with van der Waals surface area (Å²) in [4.78, 5) is 23.9. The van der Waals surface area contributed by atoms with Crippen molar-refractivity contribution >= 4 is 33.8 Å². The van der Waals surface area contributed by atoms with Crippen molar-refractivity contribution in [1.82, 2.24) is 29.7 Å². The Hall–Kier alpha value is -2.96. The Morgan fingerprint density at radius 1 is 1.03 bits per heavy atom. The van der Waals surface area contributed by atoms with E-state index >= 15 is 0 Å². The second kappa shape index (κ2) is 9.01. The highest BCUT2D eigenvalue weighted by Crippen LogP contribution is 2.29. The lowest BCUT2D eigenvalue weighted by atomic mass is 9.95. The Bertz CT molecular complexity index is 1170. The lowest BCUT2D eigenvalue weighted by Crippen LogP contribution is -2.44. The van der Waals surface area contributed by atoms with Gasteiger partial charge in [-0.2, -0.15) is 17.7 Å². The van der Waals surface area contributed by atoms with Gasteiger partial charge in [-0.05, 0) is 38.3 Å². The molecule has 0 unspecified atom stereocenters. The zero-order chi connectivity index (χ0) is 23.9. The van der Waals surface area contributed by atoms with Crippen LogP contribution < -0.4 is 9.80 Å². The van der Waals surface area contributed by atoms with E-state index in [1.54, 1.807) is 17.4 Å². The Morgan fingerprint density at radius 3 is 2.53 bits per heavy atom. The molecule has 0 atom stereocenters. The fraction of sp³-hybridized carbons (Fsp3) is 0.571. The molecule has 182 valence electrons. The smallest absolute Gasteiger partial charge is 0.355 e. The van der Waals surface area contributed by atoms with Crippen LogP contribution in [0, 0.1) is 12.8 Å². The molecule has 0 bridgehead atoms. The Labute approximate surface area is 198 Å². The van der Waals surface area contributed by atoms with Crippen LogP contribution in [0.2, 0.25) is 0 Å². The van der Waals surface area contributed by atoms with Gasteiger partial charge in [-0.15, -0.1) is 26.6 Å². The van der Waals surface area contributed by atoms with Gasteiger partial charge in [0, 0.05) is 50.6 Å². The minimum Gasteiger partial charge on any atom is -0.355 e. The number of hydrogen-bond acceptors (Lipinski definition) is 8. The van der Waals surface area contributed by atoms with E-state index < -0.39 is 12.0 Å². The monoisotopic (exact) mass is 494 g/mol. The molecule has 0 N–H and O–H groups in total. The predicted molar refractivity (Wildman–Crippen MR) is 121 cm³/mol. The highest BCUT2D eigenvalue weighted by molar-refractivity contribution is 7.13. The molecule has 5 rings (SSSR count). The van der Waals surface area contributed by atoms with Gasteiger partial charge in [-0.25, -0.2) is 4.98 Å². The van der Waals surface area contributed by atoms with Crippen LogP contribution in [-0.2, 0) is 11.0 Å². The molecule has 0 aromatic carbocycles. The van der Waals surface area contributed by atoms with Crippen LogP contribution in [0.3, 0.4) is 0 Å². The fourth-order valence-electron chi connectivity index (χ4n) is 4.55. The summed E-state index contributed by atoms with van der Waals surface area (Å²) < 4.78 is 40.2. The summed E-state index contributed by atoms with van der Waals surface area (Å²) in [6.07, 6.45) is -2.46. The first-order chi connectivity index (χ1) is 16.3. The number of fused-ring (bicyclic) bond motifs is 1.